The summed E-state index contributed by atoms with van der Waals surface area (Å²) in [6.45, 7) is 4.67. The summed E-state index contributed by atoms with van der Waals surface area (Å²) < 4.78 is 0. The lowest BCUT2D eigenvalue weighted by molar-refractivity contribution is -0.0396. The number of hydrogen-bond acceptors (Lipinski definition) is 3. The maximum atomic E-state index is 10.9. The summed E-state index contributed by atoms with van der Waals surface area (Å²) in [6.07, 6.45) is 20.8. The Labute approximate surface area is 220 Å². The molecule has 3 unspecified atom stereocenters. The van der Waals surface area contributed by atoms with E-state index in [0.29, 0.717) is 23.5 Å². The van der Waals surface area contributed by atoms with Gasteiger partial charge in [0.1, 0.15) is 5.75 Å². The number of aromatic hydroxyl groups is 1. The molecule has 2 nitrogen and oxygen atoms in total. The highest BCUT2D eigenvalue weighted by Gasteiger charge is 2.56. The minimum atomic E-state index is -0.106. The van der Waals surface area contributed by atoms with Gasteiger partial charge in [-0.1, -0.05) is 71.3 Å². The quantitative estimate of drug-likeness (QED) is 0.251. The number of unbranched alkanes of at least 4 members (excludes halogenated alkanes) is 8. The fourth-order valence-corrected chi connectivity index (χ4v) is 9.10. The number of aliphatic hydroxyl groups is 1. The van der Waals surface area contributed by atoms with Crippen LogP contribution in [-0.2, 0) is 6.42 Å². The molecule has 0 heterocycles. The lowest BCUT2D eigenvalue weighted by atomic mass is 9.52. The molecule has 3 aliphatic carbocycles. The first-order valence-corrected chi connectivity index (χ1v) is 16.3. The highest BCUT2D eigenvalue weighted by molar-refractivity contribution is 7.99. The number of phenolic OH excluding ortho intramolecular Hbond substituents is 1. The van der Waals surface area contributed by atoms with E-state index >= 15 is 0 Å². The molecule has 0 aromatic heterocycles. The summed E-state index contributed by atoms with van der Waals surface area (Å²) in [5, 5.41) is 21.0. The number of rotatable bonds is 14. The molecule has 2 saturated carbocycles. The minimum Gasteiger partial charge on any atom is -0.508 e. The molecular formula is C32H52O2S. The normalized spacial score (nSPS) is 31.7. The Morgan fingerprint density at radius 2 is 1.63 bits per heavy atom. The molecule has 6 atom stereocenters. The molecule has 0 aliphatic heterocycles. The van der Waals surface area contributed by atoms with Crippen molar-refractivity contribution in [3.8, 4) is 5.75 Å². The van der Waals surface area contributed by atoms with Crippen LogP contribution in [0.2, 0.25) is 0 Å². The zero-order valence-electron chi connectivity index (χ0n) is 22.6. The summed E-state index contributed by atoms with van der Waals surface area (Å²) in [7, 11) is 0. The molecule has 3 aliphatic rings. The Morgan fingerprint density at radius 3 is 2.40 bits per heavy atom. The average molecular weight is 501 g/mol. The number of hydrogen-bond donors (Lipinski definition) is 2. The molecule has 198 valence electrons. The predicted molar refractivity (Wildman–Crippen MR) is 151 cm³/mol. The molecule has 2 fully saturated rings. The molecule has 0 saturated heterocycles. The second kappa shape index (κ2) is 13.2. The van der Waals surface area contributed by atoms with Crippen LogP contribution < -0.4 is 0 Å². The van der Waals surface area contributed by atoms with E-state index in [4.69, 9.17) is 0 Å². The van der Waals surface area contributed by atoms with E-state index in [2.05, 4.69) is 37.7 Å². The Balaban J connectivity index is 1.23. The van der Waals surface area contributed by atoms with Gasteiger partial charge in [0.15, 0.2) is 0 Å². The summed E-state index contributed by atoms with van der Waals surface area (Å²) >= 11 is 2.16. The van der Waals surface area contributed by atoms with Gasteiger partial charge >= 0.3 is 0 Å². The Morgan fingerprint density at radius 1 is 0.914 bits per heavy atom. The fraction of sp³-hybridized carbons (Fsp3) is 0.812. The Hall–Kier alpha value is -0.670. The topological polar surface area (TPSA) is 40.5 Å². The van der Waals surface area contributed by atoms with Crippen LogP contribution in [0.1, 0.15) is 127 Å². The molecule has 3 heteroatoms. The second-order valence-corrected chi connectivity index (χ2v) is 13.6. The van der Waals surface area contributed by atoms with E-state index in [1.807, 2.05) is 6.07 Å². The Kier molecular flexibility index (Phi) is 10.3. The molecule has 4 rings (SSSR count). The van der Waals surface area contributed by atoms with Gasteiger partial charge in [-0.15, -0.1) is 0 Å². The van der Waals surface area contributed by atoms with Gasteiger partial charge in [-0.05, 0) is 115 Å². The van der Waals surface area contributed by atoms with Crippen molar-refractivity contribution in [3.05, 3.63) is 29.3 Å². The highest BCUT2D eigenvalue weighted by atomic mass is 32.2. The fourth-order valence-electron chi connectivity index (χ4n) is 8.08. The van der Waals surface area contributed by atoms with Crippen LogP contribution in [0.4, 0.5) is 0 Å². The largest absolute Gasteiger partial charge is 0.508 e. The summed E-state index contributed by atoms with van der Waals surface area (Å²) in [5.74, 6) is 5.89. The van der Waals surface area contributed by atoms with Crippen molar-refractivity contribution in [1.29, 1.82) is 0 Å². The van der Waals surface area contributed by atoms with Crippen LogP contribution in [0.15, 0.2) is 18.2 Å². The van der Waals surface area contributed by atoms with Crippen molar-refractivity contribution < 1.29 is 10.2 Å². The zero-order valence-corrected chi connectivity index (χ0v) is 23.5. The third kappa shape index (κ3) is 6.61. The summed E-state index contributed by atoms with van der Waals surface area (Å²) in [4.78, 5) is 0. The number of benzene rings is 1. The van der Waals surface area contributed by atoms with Crippen LogP contribution >= 0.6 is 11.8 Å². The van der Waals surface area contributed by atoms with E-state index < -0.39 is 0 Å². The third-order valence-electron chi connectivity index (χ3n) is 10.1. The highest BCUT2D eigenvalue weighted by Crippen LogP contribution is 2.62. The molecular weight excluding hydrogens is 448 g/mol. The molecule has 1 aromatic rings. The van der Waals surface area contributed by atoms with Crippen molar-refractivity contribution in [2.45, 2.75) is 129 Å². The first kappa shape index (κ1) is 27.4. The molecule has 1 aromatic carbocycles. The van der Waals surface area contributed by atoms with E-state index in [0.717, 1.165) is 25.2 Å². The summed E-state index contributed by atoms with van der Waals surface area (Å²) in [6, 6.07) is 6.17. The first-order chi connectivity index (χ1) is 17.0. The molecule has 0 bridgehead atoms. The number of aliphatic hydroxyl groups excluding tert-OH is 1. The van der Waals surface area contributed by atoms with Crippen molar-refractivity contribution in [2.75, 3.05) is 11.5 Å². The zero-order chi connectivity index (χ0) is 24.7. The lowest BCUT2D eigenvalue weighted by Gasteiger charge is -2.53. The van der Waals surface area contributed by atoms with Crippen LogP contribution in [-0.4, -0.2) is 27.8 Å². The van der Waals surface area contributed by atoms with Crippen LogP contribution in [0.3, 0.4) is 0 Å². The molecule has 0 radical (unpaired) electrons. The summed E-state index contributed by atoms with van der Waals surface area (Å²) in [5.41, 5.74) is 3.05. The maximum absolute atomic E-state index is 10.9. The third-order valence-corrected chi connectivity index (χ3v) is 11.2. The number of phenols is 1. The van der Waals surface area contributed by atoms with Crippen LogP contribution in [0.5, 0.6) is 5.75 Å². The second-order valence-electron chi connectivity index (χ2n) is 12.4. The van der Waals surface area contributed by atoms with Crippen molar-refractivity contribution in [3.63, 3.8) is 0 Å². The van der Waals surface area contributed by atoms with Crippen molar-refractivity contribution in [2.24, 2.45) is 23.2 Å². The average Bonchev–Trinajstić information content (AvgIpc) is 3.15. The predicted octanol–water partition coefficient (Wildman–Crippen LogP) is 8.88. The van der Waals surface area contributed by atoms with Gasteiger partial charge < -0.3 is 10.2 Å². The molecule has 0 spiro atoms. The minimum absolute atomic E-state index is 0.106. The SMILES string of the molecule is CCCCCSCCCCCCCCC[C@@H]1Cc2cc(O)ccc2C2CC[C@@]3(C)C(CC[C@@H]3O)C21. The molecule has 2 N–H and O–H groups in total. The smallest absolute Gasteiger partial charge is 0.115 e. The van der Waals surface area contributed by atoms with E-state index in [1.165, 1.54) is 106 Å². The van der Waals surface area contributed by atoms with Gasteiger partial charge in [-0.2, -0.15) is 11.8 Å². The number of thioether (sulfide) groups is 1. The van der Waals surface area contributed by atoms with Crippen LogP contribution in [0, 0.1) is 23.2 Å². The molecule has 35 heavy (non-hydrogen) atoms. The monoisotopic (exact) mass is 500 g/mol. The van der Waals surface area contributed by atoms with Gasteiger partial charge in [0.2, 0.25) is 0 Å². The first-order valence-electron chi connectivity index (χ1n) is 15.1. The van der Waals surface area contributed by atoms with Gasteiger partial charge in [-0.25, -0.2) is 0 Å². The van der Waals surface area contributed by atoms with Crippen molar-refractivity contribution in [1.82, 2.24) is 0 Å². The van der Waals surface area contributed by atoms with Gasteiger partial charge in [0, 0.05) is 0 Å². The maximum Gasteiger partial charge on any atom is 0.115 e. The van der Waals surface area contributed by atoms with Crippen molar-refractivity contribution >= 4 is 11.8 Å². The lowest BCUT2D eigenvalue weighted by Crippen LogP contribution is -2.47. The van der Waals surface area contributed by atoms with Crippen LogP contribution in [0.25, 0.3) is 0 Å². The van der Waals surface area contributed by atoms with Gasteiger partial charge in [0.25, 0.3) is 0 Å². The Bertz CT molecular complexity index is 779. The molecule has 0 amide bonds. The van der Waals surface area contributed by atoms with Gasteiger partial charge in [0.05, 0.1) is 6.10 Å². The van der Waals surface area contributed by atoms with Gasteiger partial charge in [-0.3, -0.25) is 0 Å². The van der Waals surface area contributed by atoms with E-state index in [-0.39, 0.29) is 11.5 Å². The standard InChI is InChI=1S/C32H52O2S/c1-3-4-11-20-35-21-12-9-7-5-6-8-10-13-24-22-25-23-26(33)14-15-27(25)28-18-19-32(2)29(31(24)28)16-17-30(32)34/h14-15,23-24,28-31,33-34H,3-13,16-22H2,1-2H3/t24-,28?,29?,30+,31?,32+/m1/s1. The van der Waals surface area contributed by atoms with E-state index in [9.17, 15) is 10.2 Å². The number of fused-ring (bicyclic) bond motifs is 5. The van der Waals surface area contributed by atoms with E-state index in [1.54, 1.807) is 0 Å².